The highest BCUT2D eigenvalue weighted by Gasteiger charge is 2.17. The van der Waals surface area contributed by atoms with Gasteiger partial charge in [-0.25, -0.2) is 27.0 Å². The molecule has 0 bridgehead atoms. The zero-order valence-corrected chi connectivity index (χ0v) is 18.2. The van der Waals surface area contributed by atoms with E-state index in [4.69, 9.17) is 5.14 Å². The van der Waals surface area contributed by atoms with Crippen LogP contribution in [0.25, 0.3) is 0 Å². The fourth-order valence-electron chi connectivity index (χ4n) is 2.31. The number of nitrogens with zero attached hydrogens (tertiary/aromatic N) is 1. The first-order valence-corrected chi connectivity index (χ1v) is 12.6. The number of sulfonamides is 2. The molecule has 0 saturated carbocycles. The lowest BCUT2D eigenvalue weighted by molar-refractivity contribution is 0.595. The minimum atomic E-state index is -3.88. The van der Waals surface area contributed by atoms with E-state index in [1.165, 1.54) is 23.9 Å². The van der Waals surface area contributed by atoms with Gasteiger partial charge in [0.2, 0.25) is 10.0 Å². The summed E-state index contributed by atoms with van der Waals surface area (Å²) >= 11 is 3.06. The smallest absolute Gasteiger partial charge is 0.261 e. The lowest BCUT2D eigenvalue weighted by Crippen LogP contribution is -2.15. The van der Waals surface area contributed by atoms with Crippen molar-refractivity contribution >= 4 is 48.8 Å². The Balaban J connectivity index is 1.80. The Morgan fingerprint density at radius 2 is 1.64 bits per heavy atom. The summed E-state index contributed by atoms with van der Waals surface area (Å²) < 4.78 is 51.2. The highest BCUT2D eigenvalue weighted by molar-refractivity contribution is 8.01. The van der Waals surface area contributed by atoms with Crippen LogP contribution in [0.5, 0.6) is 0 Å². The summed E-state index contributed by atoms with van der Waals surface area (Å²) in [4.78, 5) is 5.14. The number of nitrogens with two attached hydrogens (primary N) is 1. The number of aromatic nitrogens is 1. The van der Waals surface area contributed by atoms with Gasteiger partial charge in [0.25, 0.3) is 10.0 Å². The summed E-state index contributed by atoms with van der Waals surface area (Å²) in [5.41, 5.74) is 2.15. The number of thiazole rings is 1. The van der Waals surface area contributed by atoms with Crippen LogP contribution in [0.4, 0.5) is 5.69 Å². The van der Waals surface area contributed by atoms with Crippen molar-refractivity contribution in [2.75, 3.05) is 4.72 Å². The highest BCUT2D eigenvalue weighted by Crippen LogP contribution is 2.32. The molecular weight excluding hydrogens is 438 g/mol. The first-order chi connectivity index (χ1) is 13.0. The molecule has 0 aliphatic carbocycles. The van der Waals surface area contributed by atoms with E-state index in [2.05, 4.69) is 9.71 Å². The number of rotatable bonds is 6. The predicted molar refractivity (Wildman–Crippen MR) is 111 cm³/mol. The van der Waals surface area contributed by atoms with Crippen LogP contribution in [0.3, 0.4) is 0 Å². The Kier molecular flexibility index (Phi) is 5.82. The van der Waals surface area contributed by atoms with Gasteiger partial charge in [-0.15, -0.1) is 11.3 Å². The second kappa shape index (κ2) is 7.84. The molecule has 0 unspecified atom stereocenters. The fourth-order valence-corrected chi connectivity index (χ4v) is 5.86. The van der Waals surface area contributed by atoms with Crippen LogP contribution in [0, 0.1) is 13.8 Å². The molecule has 28 heavy (non-hydrogen) atoms. The van der Waals surface area contributed by atoms with Gasteiger partial charge in [0.15, 0.2) is 4.34 Å². The molecule has 1 aromatic heterocycles. The Labute approximate surface area is 172 Å². The number of aryl methyl sites for hydroxylation is 2. The van der Waals surface area contributed by atoms with Gasteiger partial charge < -0.3 is 0 Å². The van der Waals surface area contributed by atoms with Gasteiger partial charge in [-0.05, 0) is 61.9 Å². The van der Waals surface area contributed by atoms with Gasteiger partial charge in [-0.2, -0.15) is 0 Å². The van der Waals surface area contributed by atoms with Crippen LogP contribution >= 0.6 is 23.1 Å². The van der Waals surface area contributed by atoms with Gasteiger partial charge >= 0.3 is 0 Å². The summed E-state index contributed by atoms with van der Waals surface area (Å²) in [6, 6.07) is 10.1. The molecule has 0 radical (unpaired) electrons. The van der Waals surface area contributed by atoms with Crippen molar-refractivity contribution in [3.05, 3.63) is 59.1 Å². The standard InChI is InChI=1S/C17H17N3O4S4/c1-11-9-13(26-17-19-12(2)10-25-17)3-8-16(11)20-28(23,24)15-6-4-14(5-7-15)27(18,21)22/h3-10,20H,1-2H3,(H2,18,21,22). The molecule has 11 heteroatoms. The molecule has 0 fully saturated rings. The third kappa shape index (κ3) is 4.92. The van der Waals surface area contributed by atoms with E-state index in [1.807, 2.05) is 24.4 Å². The van der Waals surface area contributed by atoms with Gasteiger partial charge in [-0.1, -0.05) is 11.8 Å². The topological polar surface area (TPSA) is 119 Å². The monoisotopic (exact) mass is 455 g/mol. The van der Waals surface area contributed by atoms with E-state index >= 15 is 0 Å². The summed E-state index contributed by atoms with van der Waals surface area (Å²) in [5, 5.41) is 7.00. The molecule has 2 aromatic carbocycles. The van der Waals surface area contributed by atoms with Crippen LogP contribution < -0.4 is 9.86 Å². The molecule has 0 spiro atoms. The van der Waals surface area contributed by atoms with Crippen molar-refractivity contribution in [1.29, 1.82) is 0 Å². The first kappa shape index (κ1) is 20.8. The second-order valence-electron chi connectivity index (χ2n) is 5.96. The van der Waals surface area contributed by atoms with Crippen molar-refractivity contribution in [2.45, 2.75) is 32.9 Å². The number of hydrogen-bond donors (Lipinski definition) is 2. The third-order valence-corrected chi connectivity index (χ3v) is 8.06. The first-order valence-electron chi connectivity index (χ1n) is 7.91. The predicted octanol–water partition coefficient (Wildman–Crippen LogP) is 3.36. The summed E-state index contributed by atoms with van der Waals surface area (Å²) in [5.74, 6) is 0. The zero-order valence-electron chi connectivity index (χ0n) is 14.9. The van der Waals surface area contributed by atoms with Gasteiger partial charge in [-0.3, -0.25) is 4.72 Å². The molecule has 0 saturated heterocycles. The van der Waals surface area contributed by atoms with Crippen LogP contribution in [0.1, 0.15) is 11.3 Å². The minimum Gasteiger partial charge on any atom is -0.279 e. The number of benzene rings is 2. The normalized spacial score (nSPS) is 12.1. The van der Waals surface area contributed by atoms with Crippen LogP contribution in [0.15, 0.2) is 66.9 Å². The van der Waals surface area contributed by atoms with Crippen molar-refractivity contribution in [1.82, 2.24) is 4.98 Å². The molecule has 0 aliphatic rings. The summed E-state index contributed by atoms with van der Waals surface area (Å²) in [6.45, 7) is 3.73. The molecule has 0 aliphatic heterocycles. The van der Waals surface area contributed by atoms with Gasteiger partial charge in [0, 0.05) is 16.0 Å². The van der Waals surface area contributed by atoms with E-state index in [1.54, 1.807) is 24.3 Å². The molecule has 0 atom stereocenters. The van der Waals surface area contributed by atoms with Crippen LogP contribution in [-0.4, -0.2) is 21.8 Å². The summed E-state index contributed by atoms with van der Waals surface area (Å²) in [7, 11) is -7.75. The van der Waals surface area contributed by atoms with E-state index < -0.39 is 20.0 Å². The SMILES string of the molecule is Cc1csc(Sc2ccc(NS(=O)(=O)c3ccc(S(N)(=O)=O)cc3)c(C)c2)n1. The number of anilines is 1. The lowest BCUT2D eigenvalue weighted by atomic mass is 10.2. The molecule has 0 amide bonds. The van der Waals surface area contributed by atoms with Crippen LogP contribution in [0.2, 0.25) is 0 Å². The largest absolute Gasteiger partial charge is 0.279 e. The molecule has 7 nitrogen and oxygen atoms in total. The molecule has 3 aromatic rings. The second-order valence-corrected chi connectivity index (χ2v) is 11.4. The van der Waals surface area contributed by atoms with Crippen molar-refractivity contribution < 1.29 is 16.8 Å². The molecule has 148 valence electrons. The average molecular weight is 456 g/mol. The van der Waals surface area contributed by atoms with E-state index in [-0.39, 0.29) is 9.79 Å². The van der Waals surface area contributed by atoms with Gasteiger partial charge in [0.1, 0.15) is 0 Å². The van der Waals surface area contributed by atoms with Crippen molar-refractivity contribution in [2.24, 2.45) is 5.14 Å². The summed E-state index contributed by atoms with van der Waals surface area (Å²) in [6.07, 6.45) is 0. The zero-order chi connectivity index (χ0) is 20.5. The number of primary sulfonamides is 1. The highest BCUT2D eigenvalue weighted by atomic mass is 32.2. The molecular formula is C17H17N3O4S4. The van der Waals surface area contributed by atoms with Crippen LogP contribution in [-0.2, 0) is 20.0 Å². The Morgan fingerprint density at radius 3 is 2.18 bits per heavy atom. The van der Waals surface area contributed by atoms with E-state index in [0.717, 1.165) is 32.6 Å². The third-order valence-electron chi connectivity index (χ3n) is 3.71. The maximum absolute atomic E-state index is 12.6. The Bertz CT molecular complexity index is 1220. The molecule has 1 heterocycles. The van der Waals surface area contributed by atoms with Crippen molar-refractivity contribution in [3.63, 3.8) is 0 Å². The Morgan fingerprint density at radius 1 is 1.00 bits per heavy atom. The lowest BCUT2D eigenvalue weighted by Gasteiger charge is -2.12. The molecule has 3 rings (SSSR count). The van der Waals surface area contributed by atoms with E-state index in [0.29, 0.717) is 5.69 Å². The fraction of sp³-hybridized carbons (Fsp3) is 0.118. The maximum atomic E-state index is 12.6. The Hall–Kier alpha value is -1.92. The average Bonchev–Trinajstić information content (AvgIpc) is 3.01. The minimum absolute atomic E-state index is 0.0592. The number of hydrogen-bond acceptors (Lipinski definition) is 7. The molecule has 3 N–H and O–H groups in total. The van der Waals surface area contributed by atoms with Gasteiger partial charge in [0.05, 0.1) is 15.5 Å². The number of nitrogens with one attached hydrogen (secondary N) is 1. The van der Waals surface area contributed by atoms with E-state index in [9.17, 15) is 16.8 Å². The van der Waals surface area contributed by atoms with Crippen molar-refractivity contribution in [3.8, 4) is 0 Å². The quantitative estimate of drug-likeness (QED) is 0.588. The maximum Gasteiger partial charge on any atom is 0.261 e.